The summed E-state index contributed by atoms with van der Waals surface area (Å²) in [6.07, 6.45) is 1.88. The number of fused-ring (bicyclic) bond motifs is 4. The van der Waals surface area contributed by atoms with Crippen molar-refractivity contribution < 1.29 is 8.78 Å². The SMILES string of the molecule is O=c1nc2n(c3ccccc13)C(c1ccc(F)c(F)c1)c1c[nH]c3cccc-2c13. The zero-order chi connectivity index (χ0) is 19.7. The molecule has 3 aromatic carbocycles. The van der Waals surface area contributed by atoms with Gasteiger partial charge in [-0.3, -0.25) is 4.79 Å². The van der Waals surface area contributed by atoms with E-state index >= 15 is 0 Å². The molecule has 0 spiro atoms. The molecule has 1 aliphatic heterocycles. The molecule has 5 aromatic rings. The predicted molar refractivity (Wildman–Crippen MR) is 107 cm³/mol. The summed E-state index contributed by atoms with van der Waals surface area (Å²) in [5.74, 6) is -1.29. The van der Waals surface area contributed by atoms with Gasteiger partial charge in [0.05, 0.1) is 16.9 Å². The first-order valence-corrected chi connectivity index (χ1v) is 9.20. The maximum atomic E-state index is 14.1. The zero-order valence-electron chi connectivity index (χ0n) is 15.0. The monoisotopic (exact) mass is 385 g/mol. The number of H-pyrrole nitrogens is 1. The number of benzene rings is 3. The van der Waals surface area contributed by atoms with Crippen LogP contribution in [-0.2, 0) is 0 Å². The van der Waals surface area contributed by atoms with Crippen LogP contribution in [0.15, 0.2) is 71.7 Å². The first-order valence-electron chi connectivity index (χ1n) is 9.20. The van der Waals surface area contributed by atoms with Gasteiger partial charge in [0.2, 0.25) is 0 Å². The van der Waals surface area contributed by atoms with Crippen molar-refractivity contribution in [3.8, 4) is 11.4 Å². The highest BCUT2D eigenvalue weighted by Gasteiger charge is 2.31. The van der Waals surface area contributed by atoms with E-state index < -0.39 is 17.7 Å². The fourth-order valence-corrected chi connectivity index (χ4v) is 4.40. The Hall–Kier alpha value is -3.80. The van der Waals surface area contributed by atoms with Crippen molar-refractivity contribution in [2.24, 2.45) is 0 Å². The number of aromatic amines is 1. The molecule has 29 heavy (non-hydrogen) atoms. The number of rotatable bonds is 1. The highest BCUT2D eigenvalue weighted by Crippen LogP contribution is 2.44. The number of nitrogens with zero attached hydrogens (tertiary/aromatic N) is 2. The second-order valence-corrected chi connectivity index (χ2v) is 7.18. The Morgan fingerprint density at radius 2 is 1.83 bits per heavy atom. The maximum absolute atomic E-state index is 14.1. The van der Waals surface area contributed by atoms with E-state index in [9.17, 15) is 13.6 Å². The number of hydrogen-bond acceptors (Lipinski definition) is 2. The van der Waals surface area contributed by atoms with Gasteiger partial charge in [-0.1, -0.05) is 30.3 Å². The van der Waals surface area contributed by atoms with Crippen molar-refractivity contribution >= 4 is 21.8 Å². The van der Waals surface area contributed by atoms with Crippen LogP contribution in [-0.4, -0.2) is 14.5 Å². The molecule has 0 bridgehead atoms. The quantitative estimate of drug-likeness (QED) is 0.443. The van der Waals surface area contributed by atoms with Gasteiger partial charge in [0.25, 0.3) is 5.56 Å². The lowest BCUT2D eigenvalue weighted by Gasteiger charge is -2.30. The van der Waals surface area contributed by atoms with Crippen molar-refractivity contribution in [3.63, 3.8) is 0 Å². The summed E-state index contributed by atoms with van der Waals surface area (Å²) >= 11 is 0. The van der Waals surface area contributed by atoms with Gasteiger partial charge in [0, 0.05) is 28.2 Å². The summed E-state index contributed by atoms with van der Waals surface area (Å²) in [5, 5.41) is 1.42. The van der Waals surface area contributed by atoms with Gasteiger partial charge in [-0.2, -0.15) is 4.98 Å². The average Bonchev–Trinajstić information content (AvgIpc) is 3.16. The van der Waals surface area contributed by atoms with Crippen LogP contribution in [0.2, 0.25) is 0 Å². The van der Waals surface area contributed by atoms with E-state index in [2.05, 4.69) is 9.97 Å². The molecule has 1 unspecified atom stereocenters. The fraction of sp³-hybridized carbons (Fsp3) is 0.0435. The summed E-state index contributed by atoms with van der Waals surface area (Å²) < 4.78 is 29.7. The van der Waals surface area contributed by atoms with Crippen LogP contribution >= 0.6 is 0 Å². The molecule has 140 valence electrons. The van der Waals surface area contributed by atoms with Crippen LogP contribution in [0.25, 0.3) is 33.2 Å². The van der Waals surface area contributed by atoms with E-state index in [4.69, 9.17) is 0 Å². The third-order valence-electron chi connectivity index (χ3n) is 5.62. The van der Waals surface area contributed by atoms with Crippen LogP contribution in [0.1, 0.15) is 17.2 Å². The number of aromatic nitrogens is 3. The molecular formula is C23H13F2N3O. The predicted octanol–water partition coefficient (Wildman–Crippen LogP) is 4.77. The first-order chi connectivity index (χ1) is 14.1. The smallest absolute Gasteiger partial charge is 0.281 e. The molecule has 0 amide bonds. The second-order valence-electron chi connectivity index (χ2n) is 7.18. The van der Waals surface area contributed by atoms with Crippen molar-refractivity contribution in [1.82, 2.24) is 14.5 Å². The topological polar surface area (TPSA) is 50.7 Å². The Morgan fingerprint density at radius 3 is 2.69 bits per heavy atom. The van der Waals surface area contributed by atoms with Gasteiger partial charge in [0.15, 0.2) is 11.6 Å². The van der Waals surface area contributed by atoms with Gasteiger partial charge in [-0.05, 0) is 35.9 Å². The van der Waals surface area contributed by atoms with Crippen molar-refractivity contribution in [3.05, 3.63) is 100.0 Å². The molecule has 1 aliphatic rings. The average molecular weight is 385 g/mol. The summed E-state index contributed by atoms with van der Waals surface area (Å²) in [6.45, 7) is 0. The molecule has 0 saturated heterocycles. The minimum atomic E-state index is -0.909. The maximum Gasteiger partial charge on any atom is 0.281 e. The highest BCUT2D eigenvalue weighted by atomic mass is 19.2. The molecular weight excluding hydrogens is 372 g/mol. The molecule has 2 aromatic heterocycles. The molecule has 0 radical (unpaired) electrons. The number of halogens is 2. The Balaban J connectivity index is 1.82. The molecule has 1 N–H and O–H groups in total. The third kappa shape index (κ3) is 2.11. The summed E-state index contributed by atoms with van der Waals surface area (Å²) in [5.41, 5.74) is 3.62. The van der Waals surface area contributed by atoms with Gasteiger partial charge in [0.1, 0.15) is 5.82 Å². The normalized spacial score (nSPS) is 15.0. The van der Waals surface area contributed by atoms with Crippen LogP contribution < -0.4 is 5.56 Å². The first kappa shape index (κ1) is 16.2. The van der Waals surface area contributed by atoms with Crippen LogP contribution in [0, 0.1) is 11.6 Å². The minimum Gasteiger partial charge on any atom is -0.361 e. The van der Waals surface area contributed by atoms with Crippen LogP contribution in [0.5, 0.6) is 0 Å². The number of nitrogens with one attached hydrogen (secondary N) is 1. The van der Waals surface area contributed by atoms with E-state index in [0.717, 1.165) is 28.1 Å². The van der Waals surface area contributed by atoms with E-state index in [1.807, 2.05) is 41.1 Å². The lowest BCUT2D eigenvalue weighted by Crippen LogP contribution is -2.24. The van der Waals surface area contributed by atoms with Gasteiger partial charge in [-0.25, -0.2) is 8.78 Å². The van der Waals surface area contributed by atoms with E-state index in [-0.39, 0.29) is 5.56 Å². The Morgan fingerprint density at radius 1 is 0.966 bits per heavy atom. The largest absolute Gasteiger partial charge is 0.361 e. The van der Waals surface area contributed by atoms with E-state index in [1.54, 1.807) is 18.2 Å². The molecule has 0 aliphatic carbocycles. The molecule has 3 heterocycles. The number of hydrogen-bond donors (Lipinski definition) is 1. The summed E-state index contributed by atoms with van der Waals surface area (Å²) in [4.78, 5) is 20.4. The summed E-state index contributed by atoms with van der Waals surface area (Å²) in [6, 6.07) is 16.5. The van der Waals surface area contributed by atoms with E-state index in [1.165, 1.54) is 6.07 Å². The molecule has 1 atom stereocenters. The van der Waals surface area contributed by atoms with Crippen molar-refractivity contribution in [2.45, 2.75) is 6.04 Å². The molecule has 4 nitrogen and oxygen atoms in total. The minimum absolute atomic E-state index is 0.313. The Bertz CT molecular complexity index is 1520. The van der Waals surface area contributed by atoms with Crippen LogP contribution in [0.3, 0.4) is 0 Å². The lowest BCUT2D eigenvalue weighted by atomic mass is 9.91. The van der Waals surface area contributed by atoms with Gasteiger partial charge in [-0.15, -0.1) is 0 Å². The highest BCUT2D eigenvalue weighted by molar-refractivity contribution is 5.99. The van der Waals surface area contributed by atoms with E-state index in [0.29, 0.717) is 22.3 Å². The fourth-order valence-electron chi connectivity index (χ4n) is 4.40. The zero-order valence-corrected chi connectivity index (χ0v) is 15.0. The standard InChI is InChI=1S/C23H13F2N3O/c24-16-9-8-12(10-17(16)25)21-15-11-26-18-6-3-5-14(20(15)18)22-27-23(29)13-4-1-2-7-19(13)28(21)22/h1-11,21,26H. The van der Waals surface area contributed by atoms with Crippen molar-refractivity contribution in [2.75, 3.05) is 0 Å². The number of para-hydroxylation sites is 1. The Labute approximate surface area is 163 Å². The molecule has 6 rings (SSSR count). The molecule has 0 fully saturated rings. The molecule has 0 saturated carbocycles. The van der Waals surface area contributed by atoms with Crippen LogP contribution in [0.4, 0.5) is 8.78 Å². The van der Waals surface area contributed by atoms with Gasteiger partial charge < -0.3 is 9.55 Å². The van der Waals surface area contributed by atoms with Gasteiger partial charge >= 0.3 is 0 Å². The van der Waals surface area contributed by atoms with Crippen molar-refractivity contribution in [1.29, 1.82) is 0 Å². The second kappa shape index (κ2) is 5.61. The lowest BCUT2D eigenvalue weighted by molar-refractivity contribution is 0.505. The summed E-state index contributed by atoms with van der Waals surface area (Å²) in [7, 11) is 0. The Kier molecular flexibility index (Phi) is 3.13. The molecule has 6 heteroatoms. The third-order valence-corrected chi connectivity index (χ3v) is 5.62.